The van der Waals surface area contributed by atoms with Gasteiger partial charge in [-0.05, 0) is 24.6 Å². The van der Waals surface area contributed by atoms with E-state index in [2.05, 4.69) is 34.4 Å². The number of para-hydroxylation sites is 2. The number of nitrogens with one attached hydrogen (secondary N) is 1. The summed E-state index contributed by atoms with van der Waals surface area (Å²) in [4.78, 5) is 15.8. The Morgan fingerprint density at radius 3 is 3.00 bits per heavy atom. The number of carbonyl (C=O) groups excluding carboxylic acids is 1. The molecule has 4 heteroatoms. The van der Waals surface area contributed by atoms with Crippen molar-refractivity contribution < 1.29 is 4.79 Å². The molecule has 0 radical (unpaired) electrons. The third kappa shape index (κ3) is 2.42. The van der Waals surface area contributed by atoms with Gasteiger partial charge in [-0.1, -0.05) is 25.6 Å². The molecule has 0 aliphatic heterocycles. The molecule has 2 rings (SSSR count). The van der Waals surface area contributed by atoms with Crippen LogP contribution >= 0.6 is 0 Å². The Morgan fingerprint density at radius 2 is 2.28 bits per heavy atom. The lowest BCUT2D eigenvalue weighted by atomic mass is 10.3. The molecule has 18 heavy (non-hydrogen) atoms. The molecule has 0 saturated carbocycles. The van der Waals surface area contributed by atoms with Crippen LogP contribution in [0.2, 0.25) is 0 Å². The minimum absolute atomic E-state index is 0.176. The van der Waals surface area contributed by atoms with E-state index in [1.54, 1.807) is 0 Å². The minimum atomic E-state index is -0.176. The standard InChI is InChI=1S/C14H17N3O/c1-3-9-17-12-8-6-5-7-11(12)16-13(17)10-15-14(18)4-2/h4-8H,2-3,9-10H2,1H3,(H,15,18). The van der Waals surface area contributed by atoms with Crippen LogP contribution in [0.15, 0.2) is 36.9 Å². The number of benzene rings is 1. The fourth-order valence-electron chi connectivity index (χ4n) is 1.97. The lowest BCUT2D eigenvalue weighted by Crippen LogP contribution is -2.22. The molecule has 0 spiro atoms. The minimum Gasteiger partial charge on any atom is -0.345 e. The van der Waals surface area contributed by atoms with E-state index in [4.69, 9.17) is 0 Å². The molecule has 1 aromatic carbocycles. The number of imidazole rings is 1. The Morgan fingerprint density at radius 1 is 1.50 bits per heavy atom. The highest BCUT2D eigenvalue weighted by Crippen LogP contribution is 2.16. The molecule has 1 heterocycles. The van der Waals surface area contributed by atoms with Crippen molar-refractivity contribution in [1.29, 1.82) is 0 Å². The van der Waals surface area contributed by atoms with Gasteiger partial charge < -0.3 is 9.88 Å². The van der Waals surface area contributed by atoms with Crippen LogP contribution in [-0.2, 0) is 17.9 Å². The number of hydrogen-bond donors (Lipinski definition) is 1. The predicted octanol–water partition coefficient (Wildman–Crippen LogP) is 2.25. The molecular weight excluding hydrogens is 226 g/mol. The maximum atomic E-state index is 11.2. The Hall–Kier alpha value is -2.10. The summed E-state index contributed by atoms with van der Waals surface area (Å²) in [5.41, 5.74) is 2.08. The van der Waals surface area contributed by atoms with Gasteiger partial charge in [0.25, 0.3) is 0 Å². The first-order chi connectivity index (χ1) is 8.76. The van der Waals surface area contributed by atoms with E-state index in [-0.39, 0.29) is 5.91 Å². The van der Waals surface area contributed by atoms with Crippen LogP contribution in [0.5, 0.6) is 0 Å². The zero-order valence-corrected chi connectivity index (χ0v) is 10.5. The van der Waals surface area contributed by atoms with Gasteiger partial charge in [0.1, 0.15) is 5.82 Å². The fraction of sp³-hybridized carbons (Fsp3) is 0.286. The first-order valence-corrected chi connectivity index (χ1v) is 6.10. The maximum Gasteiger partial charge on any atom is 0.243 e. The normalized spacial score (nSPS) is 10.5. The number of fused-ring (bicyclic) bond motifs is 1. The van der Waals surface area contributed by atoms with Crippen LogP contribution in [0.1, 0.15) is 19.2 Å². The Kier molecular flexibility index (Phi) is 3.77. The summed E-state index contributed by atoms with van der Waals surface area (Å²) in [5.74, 6) is 0.707. The molecule has 1 N–H and O–H groups in total. The number of nitrogens with zero attached hydrogens (tertiary/aromatic N) is 2. The molecule has 4 nitrogen and oxygen atoms in total. The number of amides is 1. The van der Waals surface area contributed by atoms with Gasteiger partial charge in [-0.3, -0.25) is 4.79 Å². The second-order valence-electron chi connectivity index (χ2n) is 4.09. The van der Waals surface area contributed by atoms with Crippen molar-refractivity contribution in [1.82, 2.24) is 14.9 Å². The highest BCUT2D eigenvalue weighted by Gasteiger charge is 2.09. The van der Waals surface area contributed by atoms with Crippen LogP contribution < -0.4 is 5.32 Å². The van der Waals surface area contributed by atoms with Crippen LogP contribution in [0.3, 0.4) is 0 Å². The summed E-state index contributed by atoms with van der Waals surface area (Å²) in [6.45, 7) is 6.89. The molecule has 0 aliphatic carbocycles. The van der Waals surface area contributed by atoms with Crippen molar-refractivity contribution in [3.05, 3.63) is 42.7 Å². The monoisotopic (exact) mass is 243 g/mol. The number of hydrogen-bond acceptors (Lipinski definition) is 2. The van der Waals surface area contributed by atoms with Gasteiger partial charge in [0.15, 0.2) is 0 Å². The Balaban J connectivity index is 2.33. The van der Waals surface area contributed by atoms with E-state index in [0.717, 1.165) is 29.8 Å². The zero-order chi connectivity index (χ0) is 13.0. The number of carbonyl (C=O) groups is 1. The van der Waals surface area contributed by atoms with Gasteiger partial charge in [-0.15, -0.1) is 0 Å². The summed E-state index contributed by atoms with van der Waals surface area (Å²) in [5, 5.41) is 2.77. The molecule has 94 valence electrons. The van der Waals surface area contributed by atoms with Gasteiger partial charge >= 0.3 is 0 Å². The van der Waals surface area contributed by atoms with Crippen molar-refractivity contribution >= 4 is 16.9 Å². The van der Waals surface area contributed by atoms with E-state index in [1.807, 2.05) is 18.2 Å². The molecule has 0 unspecified atom stereocenters. The van der Waals surface area contributed by atoms with Crippen LogP contribution in [0.25, 0.3) is 11.0 Å². The molecule has 0 saturated heterocycles. The van der Waals surface area contributed by atoms with Crippen molar-refractivity contribution in [3.8, 4) is 0 Å². The second kappa shape index (κ2) is 5.49. The van der Waals surface area contributed by atoms with Gasteiger partial charge in [-0.25, -0.2) is 4.98 Å². The van der Waals surface area contributed by atoms with Gasteiger partial charge in [-0.2, -0.15) is 0 Å². The van der Waals surface area contributed by atoms with Crippen molar-refractivity contribution in [2.75, 3.05) is 0 Å². The van der Waals surface area contributed by atoms with E-state index >= 15 is 0 Å². The first kappa shape index (κ1) is 12.4. The summed E-state index contributed by atoms with van der Waals surface area (Å²) in [7, 11) is 0. The zero-order valence-electron chi connectivity index (χ0n) is 10.5. The number of rotatable bonds is 5. The van der Waals surface area contributed by atoms with Crippen LogP contribution in [-0.4, -0.2) is 15.5 Å². The number of aromatic nitrogens is 2. The first-order valence-electron chi connectivity index (χ1n) is 6.10. The summed E-state index contributed by atoms with van der Waals surface area (Å²) < 4.78 is 2.15. The molecule has 0 aliphatic rings. The molecule has 2 aromatic rings. The predicted molar refractivity (Wildman–Crippen MR) is 72.1 cm³/mol. The van der Waals surface area contributed by atoms with E-state index in [1.165, 1.54) is 6.08 Å². The average Bonchev–Trinajstić information content (AvgIpc) is 2.75. The summed E-state index contributed by atoms with van der Waals surface area (Å²) >= 11 is 0. The van der Waals surface area contributed by atoms with Gasteiger partial charge in [0, 0.05) is 6.54 Å². The van der Waals surface area contributed by atoms with Crippen molar-refractivity contribution in [2.24, 2.45) is 0 Å². The van der Waals surface area contributed by atoms with Crippen molar-refractivity contribution in [3.63, 3.8) is 0 Å². The summed E-state index contributed by atoms with van der Waals surface area (Å²) in [6.07, 6.45) is 2.30. The molecule has 1 aromatic heterocycles. The largest absolute Gasteiger partial charge is 0.345 e. The van der Waals surface area contributed by atoms with E-state index in [9.17, 15) is 4.79 Å². The highest BCUT2D eigenvalue weighted by atomic mass is 16.1. The summed E-state index contributed by atoms with van der Waals surface area (Å²) in [6, 6.07) is 8.01. The Bertz CT molecular complexity index is 571. The molecule has 0 bridgehead atoms. The van der Waals surface area contributed by atoms with Crippen LogP contribution in [0, 0.1) is 0 Å². The molecule has 1 amide bonds. The third-order valence-corrected chi connectivity index (χ3v) is 2.79. The SMILES string of the molecule is C=CC(=O)NCc1nc2ccccc2n1CCC. The lowest BCUT2D eigenvalue weighted by molar-refractivity contribution is -0.116. The third-order valence-electron chi connectivity index (χ3n) is 2.79. The van der Waals surface area contributed by atoms with Crippen molar-refractivity contribution in [2.45, 2.75) is 26.4 Å². The maximum absolute atomic E-state index is 11.2. The van der Waals surface area contributed by atoms with Gasteiger partial charge in [0.05, 0.1) is 17.6 Å². The fourth-order valence-corrected chi connectivity index (χ4v) is 1.97. The molecular formula is C14H17N3O. The highest BCUT2D eigenvalue weighted by molar-refractivity contribution is 5.86. The Labute approximate surface area is 106 Å². The topological polar surface area (TPSA) is 46.9 Å². The molecule has 0 fully saturated rings. The van der Waals surface area contributed by atoms with Gasteiger partial charge in [0.2, 0.25) is 5.91 Å². The smallest absolute Gasteiger partial charge is 0.243 e. The lowest BCUT2D eigenvalue weighted by Gasteiger charge is -2.07. The van der Waals surface area contributed by atoms with Crippen LogP contribution in [0.4, 0.5) is 0 Å². The quantitative estimate of drug-likeness (QED) is 0.819. The van der Waals surface area contributed by atoms with E-state index in [0.29, 0.717) is 6.54 Å². The second-order valence-corrected chi connectivity index (χ2v) is 4.09. The average molecular weight is 243 g/mol. The number of aryl methyl sites for hydroxylation is 1. The van der Waals surface area contributed by atoms with E-state index < -0.39 is 0 Å². The molecule has 0 atom stereocenters.